The van der Waals surface area contributed by atoms with Crippen LogP contribution < -0.4 is 14.2 Å². The highest BCUT2D eigenvalue weighted by molar-refractivity contribution is 5.97. The van der Waals surface area contributed by atoms with E-state index in [2.05, 4.69) is 14.5 Å². The van der Waals surface area contributed by atoms with Crippen molar-refractivity contribution in [3.63, 3.8) is 0 Å². The number of para-hydroxylation sites is 2. The summed E-state index contributed by atoms with van der Waals surface area (Å²) in [6.07, 6.45) is -13.8. The molecule has 4 rings (SSSR count). The molecule has 3 aromatic rings. The van der Waals surface area contributed by atoms with Crippen LogP contribution in [0.1, 0.15) is 16.8 Å². The van der Waals surface area contributed by atoms with Gasteiger partial charge < -0.3 is 19.1 Å². The lowest BCUT2D eigenvalue weighted by Gasteiger charge is -2.38. The average Bonchev–Trinajstić information content (AvgIpc) is 2.84. The van der Waals surface area contributed by atoms with Crippen LogP contribution in [0.3, 0.4) is 0 Å². The van der Waals surface area contributed by atoms with E-state index in [0.717, 1.165) is 23.1 Å². The van der Waals surface area contributed by atoms with Crippen LogP contribution in [0.2, 0.25) is 0 Å². The molecule has 0 spiro atoms. The molecule has 0 saturated carbocycles. The third-order valence-electron chi connectivity index (χ3n) is 5.55. The molecular formula is C24H16F8N2O5. The number of piperidine rings is 1. The summed E-state index contributed by atoms with van der Waals surface area (Å²) in [6.45, 7) is -1.49. The third kappa shape index (κ3) is 6.46. The first-order chi connectivity index (χ1) is 18.1. The molecule has 39 heavy (non-hydrogen) atoms. The van der Waals surface area contributed by atoms with E-state index in [1.165, 1.54) is 36.4 Å². The Labute approximate surface area is 213 Å². The molecule has 0 aliphatic carbocycles. The Morgan fingerprint density at radius 3 is 2.31 bits per heavy atom. The molecule has 0 bridgehead atoms. The topological polar surface area (TPSA) is 78.0 Å². The van der Waals surface area contributed by atoms with E-state index < -0.39 is 78.9 Å². The number of benzene rings is 2. The molecule has 2 heterocycles. The van der Waals surface area contributed by atoms with E-state index in [0.29, 0.717) is 0 Å². The summed E-state index contributed by atoms with van der Waals surface area (Å²) in [7, 11) is 0. The molecule has 2 aromatic carbocycles. The van der Waals surface area contributed by atoms with Gasteiger partial charge in [-0.25, -0.2) is 18.6 Å². The van der Waals surface area contributed by atoms with Crippen LogP contribution >= 0.6 is 0 Å². The van der Waals surface area contributed by atoms with Crippen molar-refractivity contribution in [2.24, 2.45) is 0 Å². The van der Waals surface area contributed by atoms with Gasteiger partial charge in [-0.3, -0.25) is 4.79 Å². The van der Waals surface area contributed by atoms with Gasteiger partial charge in [-0.15, -0.1) is 13.2 Å². The molecule has 1 amide bonds. The quantitative estimate of drug-likeness (QED) is 0.300. The number of ether oxygens (including phenoxy) is 3. The summed E-state index contributed by atoms with van der Waals surface area (Å²) >= 11 is 0. The Morgan fingerprint density at radius 2 is 1.62 bits per heavy atom. The predicted octanol–water partition coefficient (Wildman–Crippen LogP) is 5.53. The Kier molecular flexibility index (Phi) is 7.27. The van der Waals surface area contributed by atoms with Crippen LogP contribution in [-0.4, -0.2) is 59.4 Å². The SMILES string of the molecule is O=C(c1ccccc1OC(F)(F)F)N1CCC(F)(F)C(Oc2nc3ccccc3cc2OC(=O)C(F)(F)F)C1. The molecule has 0 N–H and O–H groups in total. The number of pyridine rings is 1. The minimum absolute atomic E-state index is 0.101. The standard InChI is InChI=1S/C24H16F8N2O5/c25-22(26)9-10-34(20(35)14-6-2-4-8-16(14)39-24(30,31)32)12-18(22)38-19-17(37-21(36)23(27,28)29)11-13-5-1-3-7-15(13)33-19/h1-8,11,18H,9-10,12H2. The second kappa shape index (κ2) is 10.2. The Balaban J connectivity index is 1.64. The summed E-state index contributed by atoms with van der Waals surface area (Å²) in [5.74, 6) is -10.0. The molecule has 1 fully saturated rings. The largest absolute Gasteiger partial charge is 0.573 e. The Hall–Kier alpha value is -4.17. The number of carbonyl (C=O) groups excluding carboxylic acids is 2. The zero-order valence-electron chi connectivity index (χ0n) is 19.4. The monoisotopic (exact) mass is 564 g/mol. The second-order valence-corrected chi connectivity index (χ2v) is 8.28. The first-order valence-electron chi connectivity index (χ1n) is 11.0. The number of nitrogens with zero attached hydrogens (tertiary/aromatic N) is 2. The second-order valence-electron chi connectivity index (χ2n) is 8.28. The Bertz CT molecular complexity index is 1390. The van der Waals surface area contributed by atoms with Gasteiger partial charge in [0, 0.05) is 18.4 Å². The fraction of sp³-hybridized carbons (Fsp3) is 0.292. The molecule has 1 saturated heterocycles. The number of halogens is 8. The van der Waals surface area contributed by atoms with E-state index in [4.69, 9.17) is 4.74 Å². The maximum atomic E-state index is 14.8. The highest BCUT2D eigenvalue weighted by atomic mass is 19.4. The van der Waals surface area contributed by atoms with E-state index in [1.807, 2.05) is 0 Å². The van der Waals surface area contributed by atoms with E-state index in [9.17, 15) is 44.7 Å². The van der Waals surface area contributed by atoms with Gasteiger partial charge in [-0.2, -0.15) is 13.2 Å². The molecule has 1 unspecified atom stereocenters. The molecule has 1 aromatic heterocycles. The molecule has 15 heteroatoms. The van der Waals surface area contributed by atoms with Gasteiger partial charge in [0.05, 0.1) is 17.6 Å². The lowest BCUT2D eigenvalue weighted by atomic mass is 10.0. The smallest absolute Gasteiger partial charge is 0.463 e. The summed E-state index contributed by atoms with van der Waals surface area (Å²) < 4.78 is 120. The minimum Gasteiger partial charge on any atom is -0.463 e. The van der Waals surface area contributed by atoms with Crippen molar-refractivity contribution in [2.75, 3.05) is 13.1 Å². The summed E-state index contributed by atoms with van der Waals surface area (Å²) in [5, 5.41) is 0.198. The number of hydrogen-bond donors (Lipinski definition) is 0. The van der Waals surface area contributed by atoms with Crippen molar-refractivity contribution in [3.8, 4) is 17.4 Å². The van der Waals surface area contributed by atoms with Crippen LogP contribution in [0, 0.1) is 0 Å². The first kappa shape index (κ1) is 27.9. The summed E-state index contributed by atoms with van der Waals surface area (Å²) in [6, 6.07) is 11.0. The molecule has 208 valence electrons. The van der Waals surface area contributed by atoms with Crippen molar-refractivity contribution in [3.05, 3.63) is 60.2 Å². The number of fused-ring (bicyclic) bond motifs is 1. The van der Waals surface area contributed by atoms with E-state index >= 15 is 0 Å². The number of alkyl halides is 8. The number of carbonyl (C=O) groups is 2. The van der Waals surface area contributed by atoms with Gasteiger partial charge >= 0.3 is 18.5 Å². The van der Waals surface area contributed by atoms with Gasteiger partial charge in [0.1, 0.15) is 5.75 Å². The van der Waals surface area contributed by atoms with Gasteiger partial charge in [0.15, 0.2) is 11.9 Å². The molecule has 1 aliphatic heterocycles. The Morgan fingerprint density at radius 1 is 0.949 bits per heavy atom. The van der Waals surface area contributed by atoms with Crippen molar-refractivity contribution in [2.45, 2.75) is 31.0 Å². The highest BCUT2D eigenvalue weighted by Crippen LogP contribution is 2.37. The molecule has 0 radical (unpaired) electrons. The third-order valence-corrected chi connectivity index (χ3v) is 5.55. The molecule has 1 aliphatic rings. The predicted molar refractivity (Wildman–Crippen MR) is 116 cm³/mol. The average molecular weight is 564 g/mol. The lowest BCUT2D eigenvalue weighted by Crippen LogP contribution is -2.55. The van der Waals surface area contributed by atoms with Crippen molar-refractivity contribution < 1.29 is 58.9 Å². The van der Waals surface area contributed by atoms with Crippen LogP contribution in [0.5, 0.6) is 17.4 Å². The fourth-order valence-corrected chi connectivity index (χ4v) is 3.73. The number of esters is 1. The highest BCUT2D eigenvalue weighted by Gasteiger charge is 2.48. The van der Waals surface area contributed by atoms with E-state index in [1.54, 1.807) is 0 Å². The number of rotatable bonds is 5. The molecule has 1 atom stereocenters. The van der Waals surface area contributed by atoms with Crippen LogP contribution in [-0.2, 0) is 4.79 Å². The number of likely N-dealkylation sites (tertiary alicyclic amines) is 1. The van der Waals surface area contributed by atoms with Crippen molar-refractivity contribution in [1.82, 2.24) is 9.88 Å². The minimum atomic E-state index is -5.42. The van der Waals surface area contributed by atoms with E-state index in [-0.39, 0.29) is 10.9 Å². The van der Waals surface area contributed by atoms with Crippen LogP contribution in [0.4, 0.5) is 35.1 Å². The maximum Gasteiger partial charge on any atom is 0.573 e. The van der Waals surface area contributed by atoms with Crippen molar-refractivity contribution in [1.29, 1.82) is 0 Å². The van der Waals surface area contributed by atoms with Crippen LogP contribution in [0.15, 0.2) is 54.6 Å². The molecular weight excluding hydrogens is 548 g/mol. The van der Waals surface area contributed by atoms with Gasteiger partial charge in [0.25, 0.3) is 17.7 Å². The zero-order chi connectivity index (χ0) is 28.6. The maximum absolute atomic E-state index is 14.8. The van der Waals surface area contributed by atoms with Gasteiger partial charge in [-0.05, 0) is 24.3 Å². The number of amides is 1. The van der Waals surface area contributed by atoms with Crippen LogP contribution in [0.25, 0.3) is 10.9 Å². The van der Waals surface area contributed by atoms with Crippen molar-refractivity contribution >= 4 is 22.8 Å². The molecule has 7 nitrogen and oxygen atoms in total. The number of aromatic nitrogens is 1. The summed E-state index contributed by atoms with van der Waals surface area (Å²) in [5.41, 5.74) is -0.466. The lowest BCUT2D eigenvalue weighted by molar-refractivity contribution is -0.274. The first-order valence-corrected chi connectivity index (χ1v) is 11.0. The fourth-order valence-electron chi connectivity index (χ4n) is 3.73. The normalized spacial score (nSPS) is 17.5. The van der Waals surface area contributed by atoms with Gasteiger partial charge in [-0.1, -0.05) is 30.3 Å². The number of hydrogen-bond acceptors (Lipinski definition) is 6. The summed E-state index contributed by atoms with van der Waals surface area (Å²) in [4.78, 5) is 29.1. The zero-order valence-corrected chi connectivity index (χ0v) is 19.4. The van der Waals surface area contributed by atoms with Gasteiger partial charge in [0.2, 0.25) is 0 Å².